The minimum atomic E-state index is -0.261. The Morgan fingerprint density at radius 2 is 2.31 bits per heavy atom. The number of carbonyl (C=O) groups excluding carboxylic acids is 1. The van der Waals surface area contributed by atoms with Gasteiger partial charge in [-0.25, -0.2) is 14.8 Å². The first-order valence-electron chi connectivity index (χ1n) is 11.1. The van der Waals surface area contributed by atoms with E-state index in [1.165, 1.54) is 25.7 Å². The fourth-order valence-corrected chi connectivity index (χ4v) is 5.95. The van der Waals surface area contributed by atoms with Crippen LogP contribution in [0, 0.1) is 16.7 Å². The highest BCUT2D eigenvalue weighted by atomic mass is 16.6. The van der Waals surface area contributed by atoms with Crippen molar-refractivity contribution in [1.29, 1.82) is 0 Å². The van der Waals surface area contributed by atoms with Crippen LogP contribution in [0.5, 0.6) is 0 Å². The predicted molar refractivity (Wildman–Crippen MR) is 109 cm³/mol. The van der Waals surface area contributed by atoms with E-state index in [1.54, 1.807) is 11.2 Å². The molecule has 5 rings (SSSR count). The summed E-state index contributed by atoms with van der Waals surface area (Å²) in [5.41, 5.74) is 3.05. The van der Waals surface area contributed by atoms with Crippen molar-refractivity contribution in [2.45, 2.75) is 65.0 Å². The maximum Gasteiger partial charge on any atom is 0.410 e. The summed E-state index contributed by atoms with van der Waals surface area (Å²) in [7, 11) is 0. The molecule has 1 aromatic heterocycles. The molecule has 3 fully saturated rings. The Labute approximate surface area is 172 Å². The first-order valence-corrected chi connectivity index (χ1v) is 11.1. The van der Waals surface area contributed by atoms with Crippen molar-refractivity contribution in [2.75, 3.05) is 31.6 Å². The van der Waals surface area contributed by atoms with Gasteiger partial charge in [0.05, 0.1) is 25.5 Å². The lowest BCUT2D eigenvalue weighted by molar-refractivity contribution is 0.0513. The van der Waals surface area contributed by atoms with E-state index in [1.807, 2.05) is 0 Å². The Morgan fingerprint density at radius 3 is 3.07 bits per heavy atom. The quantitative estimate of drug-likeness (QED) is 0.816. The topological polar surface area (TPSA) is 76.6 Å². The van der Waals surface area contributed by atoms with Crippen LogP contribution < -0.4 is 5.32 Å². The van der Waals surface area contributed by atoms with Gasteiger partial charge in [-0.3, -0.25) is 0 Å². The van der Waals surface area contributed by atoms with Gasteiger partial charge in [0.25, 0.3) is 0 Å². The zero-order valence-corrected chi connectivity index (χ0v) is 17.6. The van der Waals surface area contributed by atoms with Crippen LogP contribution in [0.1, 0.15) is 57.2 Å². The summed E-state index contributed by atoms with van der Waals surface area (Å²) >= 11 is 0. The van der Waals surface area contributed by atoms with Crippen molar-refractivity contribution in [3.05, 3.63) is 17.6 Å². The summed E-state index contributed by atoms with van der Waals surface area (Å²) in [6, 6.07) is 0. The van der Waals surface area contributed by atoms with E-state index in [0.29, 0.717) is 37.1 Å². The first-order chi connectivity index (χ1) is 14.0. The third kappa shape index (κ3) is 3.37. The number of nitrogens with one attached hydrogen (secondary N) is 1. The van der Waals surface area contributed by atoms with Crippen LogP contribution >= 0.6 is 0 Å². The molecule has 3 heterocycles. The minimum absolute atomic E-state index is 0.114. The molecule has 4 atom stereocenters. The van der Waals surface area contributed by atoms with E-state index in [9.17, 15) is 4.79 Å². The zero-order chi connectivity index (χ0) is 20.1. The monoisotopic (exact) mass is 400 g/mol. The van der Waals surface area contributed by atoms with Gasteiger partial charge >= 0.3 is 6.09 Å². The number of amides is 1. The molecule has 1 N–H and O–H groups in total. The normalized spacial score (nSPS) is 35.2. The standard InChI is InChI=1S/C22H32N4O3/c1-3-15-8-21(2)12-22(21,9-15)13-23-19-17-4-6-26(10-18(17)24-14-25-19)20(27)29-16-5-7-28-11-16/h14-16H,3-13H2,1-2H3,(H,23,24,25)/t15?,16-,21?,22?/m1/s1. The Bertz CT molecular complexity index is 796. The maximum atomic E-state index is 12.5. The number of aromatic nitrogens is 2. The van der Waals surface area contributed by atoms with Gasteiger partial charge in [0.1, 0.15) is 18.2 Å². The highest BCUT2D eigenvalue weighted by molar-refractivity contribution is 5.68. The van der Waals surface area contributed by atoms with Crippen molar-refractivity contribution < 1.29 is 14.3 Å². The molecule has 0 bridgehead atoms. The van der Waals surface area contributed by atoms with E-state index in [4.69, 9.17) is 9.47 Å². The molecule has 29 heavy (non-hydrogen) atoms. The van der Waals surface area contributed by atoms with E-state index < -0.39 is 0 Å². The Hall–Kier alpha value is -1.89. The van der Waals surface area contributed by atoms with Gasteiger partial charge < -0.3 is 19.7 Å². The summed E-state index contributed by atoms with van der Waals surface area (Å²) in [6.07, 6.45) is 8.12. The van der Waals surface area contributed by atoms with Gasteiger partial charge in [-0.1, -0.05) is 20.3 Å². The van der Waals surface area contributed by atoms with Crippen molar-refractivity contribution in [2.24, 2.45) is 16.7 Å². The second-order valence-electron chi connectivity index (χ2n) is 9.74. The van der Waals surface area contributed by atoms with Crippen LogP contribution in [0.25, 0.3) is 0 Å². The van der Waals surface area contributed by atoms with Gasteiger partial charge in [-0.2, -0.15) is 0 Å². The molecule has 1 saturated heterocycles. The van der Waals surface area contributed by atoms with Gasteiger partial charge in [-0.05, 0) is 42.4 Å². The molecule has 4 aliphatic rings. The molecule has 7 nitrogen and oxygen atoms in total. The van der Waals surface area contributed by atoms with Crippen molar-refractivity contribution >= 4 is 11.9 Å². The number of ether oxygens (including phenoxy) is 2. The molecule has 2 aliphatic heterocycles. The van der Waals surface area contributed by atoms with E-state index in [-0.39, 0.29) is 12.2 Å². The number of hydrogen-bond donors (Lipinski definition) is 1. The number of rotatable bonds is 5. The van der Waals surface area contributed by atoms with E-state index >= 15 is 0 Å². The second kappa shape index (κ2) is 7.11. The minimum Gasteiger partial charge on any atom is -0.444 e. The van der Waals surface area contributed by atoms with E-state index in [0.717, 1.165) is 42.4 Å². The molecule has 1 aromatic rings. The predicted octanol–water partition coefficient (Wildman–Crippen LogP) is 3.39. The summed E-state index contributed by atoms with van der Waals surface area (Å²) in [5, 5.41) is 3.67. The van der Waals surface area contributed by atoms with Crippen molar-refractivity contribution in [1.82, 2.24) is 14.9 Å². The van der Waals surface area contributed by atoms with Crippen LogP contribution in [0.4, 0.5) is 10.6 Å². The van der Waals surface area contributed by atoms with Crippen LogP contribution in [-0.4, -0.2) is 53.4 Å². The number of fused-ring (bicyclic) bond motifs is 2. The maximum absolute atomic E-state index is 12.5. The number of nitrogens with zero attached hydrogens (tertiary/aromatic N) is 3. The summed E-state index contributed by atoms with van der Waals surface area (Å²) in [6.45, 7) is 8.07. The smallest absolute Gasteiger partial charge is 0.410 e. The van der Waals surface area contributed by atoms with Gasteiger partial charge in [0.15, 0.2) is 0 Å². The van der Waals surface area contributed by atoms with Gasteiger partial charge in [0, 0.05) is 25.1 Å². The largest absolute Gasteiger partial charge is 0.444 e. The van der Waals surface area contributed by atoms with E-state index in [2.05, 4.69) is 29.1 Å². The highest BCUT2D eigenvalue weighted by Gasteiger charge is 2.68. The molecule has 0 radical (unpaired) electrons. The number of hydrogen-bond acceptors (Lipinski definition) is 6. The highest BCUT2D eigenvalue weighted by Crippen LogP contribution is 2.74. The zero-order valence-electron chi connectivity index (χ0n) is 17.6. The van der Waals surface area contributed by atoms with Crippen LogP contribution in [-0.2, 0) is 22.4 Å². The lowest BCUT2D eigenvalue weighted by Gasteiger charge is -2.29. The summed E-state index contributed by atoms with van der Waals surface area (Å²) < 4.78 is 10.9. The van der Waals surface area contributed by atoms with Crippen LogP contribution in [0.15, 0.2) is 6.33 Å². The molecular weight excluding hydrogens is 368 g/mol. The SMILES string of the molecule is CCC1CC2(C)CC2(CNc2ncnc3c2CCN(C(=O)O[C@@H]2CCOC2)C3)C1. The third-order valence-corrected chi connectivity index (χ3v) is 7.89. The molecule has 7 heteroatoms. The van der Waals surface area contributed by atoms with Gasteiger partial charge in [-0.15, -0.1) is 0 Å². The average Bonchev–Trinajstić information content (AvgIpc) is 3.06. The number of anilines is 1. The molecular formula is C22H32N4O3. The average molecular weight is 401 g/mol. The lowest BCUT2D eigenvalue weighted by atomic mass is 9.95. The lowest BCUT2D eigenvalue weighted by Crippen LogP contribution is -2.39. The van der Waals surface area contributed by atoms with Crippen LogP contribution in [0.2, 0.25) is 0 Å². The Balaban J connectivity index is 1.23. The van der Waals surface area contributed by atoms with Crippen molar-refractivity contribution in [3.63, 3.8) is 0 Å². The fraction of sp³-hybridized carbons (Fsp3) is 0.773. The Kier molecular flexibility index (Phi) is 4.68. The first kappa shape index (κ1) is 19.1. The van der Waals surface area contributed by atoms with Crippen molar-refractivity contribution in [3.8, 4) is 0 Å². The second-order valence-corrected chi connectivity index (χ2v) is 9.74. The Morgan fingerprint density at radius 1 is 1.41 bits per heavy atom. The fourth-order valence-electron chi connectivity index (χ4n) is 5.95. The molecule has 2 aliphatic carbocycles. The molecule has 3 unspecified atom stereocenters. The van der Waals surface area contributed by atoms with Crippen LogP contribution in [0.3, 0.4) is 0 Å². The third-order valence-electron chi connectivity index (χ3n) is 7.89. The molecule has 0 aromatic carbocycles. The molecule has 158 valence electrons. The van der Waals surface area contributed by atoms with Gasteiger partial charge in [0.2, 0.25) is 0 Å². The number of carbonyl (C=O) groups is 1. The molecule has 0 spiro atoms. The molecule has 1 amide bonds. The summed E-state index contributed by atoms with van der Waals surface area (Å²) in [4.78, 5) is 23.2. The molecule has 2 saturated carbocycles. The summed E-state index contributed by atoms with van der Waals surface area (Å²) in [5.74, 6) is 1.83.